The minimum Gasteiger partial charge on any atom is -0.356 e. The lowest BCUT2D eigenvalue weighted by Gasteiger charge is -2.33. The molecule has 15 heavy (non-hydrogen) atoms. The van der Waals surface area contributed by atoms with Crippen LogP contribution in [0.1, 0.15) is 39.5 Å². The Balaban J connectivity index is 2.36. The van der Waals surface area contributed by atoms with Gasteiger partial charge in [-0.15, -0.1) is 0 Å². The Hall–Kier alpha value is -0.730. The molecule has 1 aliphatic rings. The molecule has 0 saturated carbocycles. The topological polar surface area (TPSA) is 27.6 Å². The van der Waals surface area contributed by atoms with E-state index in [1.165, 1.54) is 25.7 Å². The third-order valence-corrected chi connectivity index (χ3v) is 2.98. The molecule has 88 valence electrons. The highest BCUT2D eigenvalue weighted by Crippen LogP contribution is 2.15. The van der Waals surface area contributed by atoms with Crippen LogP contribution in [0.4, 0.5) is 0 Å². The van der Waals surface area contributed by atoms with Gasteiger partial charge in [-0.2, -0.15) is 0 Å². The summed E-state index contributed by atoms with van der Waals surface area (Å²) in [6.07, 6.45) is 5.13. The second kappa shape index (κ2) is 6.70. The third-order valence-electron chi connectivity index (χ3n) is 2.98. The molecule has 3 nitrogen and oxygen atoms in total. The molecule has 0 spiro atoms. The second-order valence-electron chi connectivity index (χ2n) is 4.52. The number of guanidine groups is 1. The molecule has 0 aromatic rings. The first-order chi connectivity index (χ1) is 7.27. The van der Waals surface area contributed by atoms with Gasteiger partial charge < -0.3 is 10.2 Å². The Morgan fingerprint density at radius 1 is 1.53 bits per heavy atom. The van der Waals surface area contributed by atoms with Crippen molar-refractivity contribution in [3.8, 4) is 0 Å². The fraction of sp³-hybridized carbons (Fsp3) is 0.917. The van der Waals surface area contributed by atoms with Crippen LogP contribution >= 0.6 is 0 Å². The maximum Gasteiger partial charge on any atom is 0.193 e. The van der Waals surface area contributed by atoms with Crippen molar-refractivity contribution in [1.82, 2.24) is 10.2 Å². The van der Waals surface area contributed by atoms with Crippen molar-refractivity contribution in [3.05, 3.63) is 0 Å². The van der Waals surface area contributed by atoms with E-state index >= 15 is 0 Å². The zero-order valence-corrected chi connectivity index (χ0v) is 10.4. The van der Waals surface area contributed by atoms with Crippen LogP contribution < -0.4 is 5.32 Å². The molecule has 3 heteroatoms. The van der Waals surface area contributed by atoms with E-state index in [1.807, 2.05) is 7.05 Å². The lowest BCUT2D eigenvalue weighted by molar-refractivity contribution is 0.266. The standard InChI is InChI=1S/C12H25N3/c1-4-5-8-14-12(13-3)15-9-6-7-11(2)10-15/h11H,4-10H2,1-3H3,(H,13,14). The molecule has 0 aromatic heterocycles. The summed E-state index contributed by atoms with van der Waals surface area (Å²) in [7, 11) is 1.88. The van der Waals surface area contributed by atoms with Crippen molar-refractivity contribution in [2.45, 2.75) is 39.5 Å². The molecule has 1 rings (SSSR count). The van der Waals surface area contributed by atoms with Gasteiger partial charge in [0.25, 0.3) is 0 Å². The predicted molar refractivity (Wildman–Crippen MR) is 66.2 cm³/mol. The zero-order valence-electron chi connectivity index (χ0n) is 10.4. The maximum absolute atomic E-state index is 4.35. The van der Waals surface area contributed by atoms with E-state index in [4.69, 9.17) is 0 Å². The molecule has 1 fully saturated rings. The van der Waals surface area contributed by atoms with E-state index in [0.29, 0.717) is 0 Å². The highest BCUT2D eigenvalue weighted by Gasteiger charge is 2.18. The second-order valence-corrected chi connectivity index (χ2v) is 4.52. The van der Waals surface area contributed by atoms with Gasteiger partial charge in [0.1, 0.15) is 0 Å². The first-order valence-electron chi connectivity index (χ1n) is 6.23. The number of rotatable bonds is 3. The van der Waals surface area contributed by atoms with Crippen LogP contribution in [0.15, 0.2) is 4.99 Å². The van der Waals surface area contributed by atoms with Gasteiger partial charge in [-0.25, -0.2) is 0 Å². The molecule has 1 unspecified atom stereocenters. The van der Waals surface area contributed by atoms with E-state index in [1.54, 1.807) is 0 Å². The van der Waals surface area contributed by atoms with E-state index in [2.05, 4.69) is 29.1 Å². The molecule has 0 radical (unpaired) electrons. The van der Waals surface area contributed by atoms with Crippen LogP contribution in [0.2, 0.25) is 0 Å². The summed E-state index contributed by atoms with van der Waals surface area (Å²) < 4.78 is 0. The largest absolute Gasteiger partial charge is 0.356 e. The van der Waals surface area contributed by atoms with Gasteiger partial charge in [0, 0.05) is 26.7 Å². The Bertz CT molecular complexity index is 201. The summed E-state index contributed by atoms with van der Waals surface area (Å²) in [5.41, 5.74) is 0. The van der Waals surface area contributed by atoms with E-state index < -0.39 is 0 Å². The normalized spacial score (nSPS) is 23.0. The molecule has 1 atom stereocenters. The minimum absolute atomic E-state index is 0.809. The molecule has 0 aromatic carbocycles. The molecule has 0 bridgehead atoms. The highest BCUT2D eigenvalue weighted by molar-refractivity contribution is 5.79. The monoisotopic (exact) mass is 211 g/mol. The summed E-state index contributed by atoms with van der Waals surface area (Å²) in [5.74, 6) is 1.90. The Morgan fingerprint density at radius 3 is 2.93 bits per heavy atom. The molecule has 1 N–H and O–H groups in total. The summed E-state index contributed by atoms with van der Waals surface area (Å²) in [4.78, 5) is 6.74. The molecule has 0 amide bonds. The number of nitrogens with one attached hydrogen (secondary N) is 1. The SMILES string of the molecule is CCCCNC(=NC)N1CCCC(C)C1. The number of piperidine rings is 1. The Kier molecular flexibility index (Phi) is 5.51. The first-order valence-corrected chi connectivity index (χ1v) is 6.23. The van der Waals surface area contributed by atoms with E-state index in [0.717, 1.165) is 31.5 Å². The molecule has 1 heterocycles. The highest BCUT2D eigenvalue weighted by atomic mass is 15.3. The van der Waals surface area contributed by atoms with Crippen LogP contribution in [0.3, 0.4) is 0 Å². The average molecular weight is 211 g/mol. The number of hydrogen-bond acceptors (Lipinski definition) is 1. The molecular weight excluding hydrogens is 186 g/mol. The van der Waals surface area contributed by atoms with Crippen molar-refractivity contribution < 1.29 is 0 Å². The van der Waals surface area contributed by atoms with Gasteiger partial charge >= 0.3 is 0 Å². The lowest BCUT2D eigenvalue weighted by atomic mass is 10.0. The summed E-state index contributed by atoms with van der Waals surface area (Å²) in [6.45, 7) is 7.91. The summed E-state index contributed by atoms with van der Waals surface area (Å²) >= 11 is 0. The number of hydrogen-bond donors (Lipinski definition) is 1. The molecular formula is C12H25N3. The van der Waals surface area contributed by atoms with E-state index in [9.17, 15) is 0 Å². The minimum atomic E-state index is 0.809. The van der Waals surface area contributed by atoms with Crippen molar-refractivity contribution in [1.29, 1.82) is 0 Å². The van der Waals surface area contributed by atoms with Crippen molar-refractivity contribution in [2.24, 2.45) is 10.9 Å². The summed E-state index contributed by atoms with van der Waals surface area (Å²) in [5, 5.41) is 3.44. The molecule has 1 saturated heterocycles. The van der Waals surface area contributed by atoms with Crippen LogP contribution in [-0.2, 0) is 0 Å². The van der Waals surface area contributed by atoms with E-state index in [-0.39, 0.29) is 0 Å². The number of aliphatic imine (C=N–C) groups is 1. The zero-order chi connectivity index (χ0) is 11.1. The van der Waals surface area contributed by atoms with Crippen LogP contribution in [0, 0.1) is 5.92 Å². The van der Waals surface area contributed by atoms with Crippen LogP contribution in [0.25, 0.3) is 0 Å². The predicted octanol–water partition coefficient (Wildman–Crippen LogP) is 2.09. The number of unbranched alkanes of at least 4 members (excludes halogenated alkanes) is 1. The first kappa shape index (κ1) is 12.3. The number of nitrogens with zero attached hydrogens (tertiary/aromatic N) is 2. The van der Waals surface area contributed by atoms with Gasteiger partial charge in [0.05, 0.1) is 0 Å². The fourth-order valence-corrected chi connectivity index (χ4v) is 2.09. The average Bonchev–Trinajstić information content (AvgIpc) is 2.24. The van der Waals surface area contributed by atoms with Crippen molar-refractivity contribution in [2.75, 3.05) is 26.7 Å². The quantitative estimate of drug-likeness (QED) is 0.440. The maximum atomic E-state index is 4.35. The van der Waals surface area contributed by atoms with Gasteiger partial charge in [-0.3, -0.25) is 4.99 Å². The van der Waals surface area contributed by atoms with Gasteiger partial charge in [0.2, 0.25) is 0 Å². The van der Waals surface area contributed by atoms with Gasteiger partial charge in [-0.1, -0.05) is 20.3 Å². The fourth-order valence-electron chi connectivity index (χ4n) is 2.09. The Morgan fingerprint density at radius 2 is 2.33 bits per heavy atom. The van der Waals surface area contributed by atoms with Crippen LogP contribution in [-0.4, -0.2) is 37.5 Å². The molecule has 1 aliphatic heterocycles. The third kappa shape index (κ3) is 4.10. The Labute approximate surface area is 94.0 Å². The smallest absolute Gasteiger partial charge is 0.193 e. The van der Waals surface area contributed by atoms with Crippen molar-refractivity contribution in [3.63, 3.8) is 0 Å². The van der Waals surface area contributed by atoms with Crippen molar-refractivity contribution >= 4 is 5.96 Å². The van der Waals surface area contributed by atoms with Gasteiger partial charge in [-0.05, 0) is 25.2 Å². The van der Waals surface area contributed by atoms with Crippen LogP contribution in [0.5, 0.6) is 0 Å². The lowest BCUT2D eigenvalue weighted by Crippen LogP contribution is -2.46. The van der Waals surface area contributed by atoms with Gasteiger partial charge in [0.15, 0.2) is 5.96 Å². The molecule has 0 aliphatic carbocycles. The number of likely N-dealkylation sites (tertiary alicyclic amines) is 1. The summed E-state index contributed by atoms with van der Waals surface area (Å²) in [6, 6.07) is 0.